The van der Waals surface area contributed by atoms with Crippen LogP contribution in [0.25, 0.3) is 34.2 Å². The number of nitrogen functional groups attached to an aromatic ring is 2. The topological polar surface area (TPSA) is 90.7 Å². The maximum Gasteiger partial charge on any atom is 0.166 e. The highest BCUT2D eigenvalue weighted by Crippen LogP contribution is 2.29. The minimum Gasteiger partial charge on any atom is -0.398 e. The Morgan fingerprint density at radius 1 is 0.462 bits per heavy atom. The Morgan fingerprint density at radius 3 is 1.38 bits per heavy atom. The van der Waals surface area contributed by atoms with E-state index in [-0.39, 0.29) is 0 Å². The second-order valence-corrected chi connectivity index (χ2v) is 5.85. The monoisotopic (exact) mass is 339 g/mol. The molecule has 0 aliphatic carbocycles. The first-order chi connectivity index (χ1) is 12.7. The summed E-state index contributed by atoms with van der Waals surface area (Å²) in [5.74, 6) is 1.63. The Bertz CT molecular complexity index is 997. The summed E-state index contributed by atoms with van der Waals surface area (Å²) in [5, 5.41) is 0. The van der Waals surface area contributed by atoms with E-state index in [1.54, 1.807) is 0 Å². The Hall–Kier alpha value is -3.73. The van der Waals surface area contributed by atoms with Gasteiger partial charge in [-0.05, 0) is 24.3 Å². The summed E-state index contributed by atoms with van der Waals surface area (Å²) in [6.45, 7) is 0. The van der Waals surface area contributed by atoms with E-state index in [9.17, 15) is 0 Å². The number of anilines is 2. The predicted molar refractivity (Wildman–Crippen MR) is 105 cm³/mol. The molecule has 0 spiro atoms. The van der Waals surface area contributed by atoms with Gasteiger partial charge in [0.2, 0.25) is 0 Å². The molecule has 0 radical (unpaired) electrons. The average molecular weight is 339 g/mol. The van der Waals surface area contributed by atoms with Crippen molar-refractivity contribution in [2.24, 2.45) is 0 Å². The minimum atomic E-state index is 0.523. The fourth-order valence-electron chi connectivity index (χ4n) is 2.73. The normalized spacial score (nSPS) is 10.6. The van der Waals surface area contributed by atoms with Gasteiger partial charge in [0.15, 0.2) is 17.5 Å². The number of nitrogens with zero attached hydrogens (tertiary/aromatic N) is 3. The summed E-state index contributed by atoms with van der Waals surface area (Å²) in [6.07, 6.45) is 0. The van der Waals surface area contributed by atoms with Crippen molar-refractivity contribution in [2.75, 3.05) is 11.5 Å². The summed E-state index contributed by atoms with van der Waals surface area (Å²) >= 11 is 0. The van der Waals surface area contributed by atoms with Crippen LogP contribution in [-0.2, 0) is 0 Å². The van der Waals surface area contributed by atoms with Crippen LogP contribution in [0.2, 0.25) is 0 Å². The number of rotatable bonds is 3. The van der Waals surface area contributed by atoms with Gasteiger partial charge in [-0.25, -0.2) is 15.0 Å². The Balaban J connectivity index is 1.97. The molecule has 0 aliphatic rings. The van der Waals surface area contributed by atoms with Crippen LogP contribution >= 0.6 is 0 Å². The molecule has 1 heterocycles. The quantitative estimate of drug-likeness (QED) is 0.550. The third kappa shape index (κ3) is 2.98. The van der Waals surface area contributed by atoms with E-state index in [0.29, 0.717) is 28.8 Å². The molecule has 0 aliphatic heterocycles. The molecule has 5 heteroatoms. The SMILES string of the molecule is Nc1ccccc1-c1nc(-c2ccccc2)nc(-c2ccccc2N)n1. The van der Waals surface area contributed by atoms with E-state index in [2.05, 4.69) is 15.0 Å². The van der Waals surface area contributed by atoms with Gasteiger partial charge in [-0.2, -0.15) is 0 Å². The number of para-hydroxylation sites is 2. The third-order valence-electron chi connectivity index (χ3n) is 4.07. The van der Waals surface area contributed by atoms with E-state index in [4.69, 9.17) is 11.5 Å². The lowest BCUT2D eigenvalue weighted by Crippen LogP contribution is -2.03. The molecular formula is C21H17N5. The van der Waals surface area contributed by atoms with Gasteiger partial charge < -0.3 is 11.5 Å². The molecule has 0 amide bonds. The first-order valence-electron chi connectivity index (χ1n) is 8.23. The van der Waals surface area contributed by atoms with Crippen LogP contribution in [0.1, 0.15) is 0 Å². The minimum absolute atomic E-state index is 0.523. The Morgan fingerprint density at radius 2 is 0.885 bits per heavy atom. The van der Waals surface area contributed by atoms with E-state index in [1.165, 1.54) is 0 Å². The van der Waals surface area contributed by atoms with Crippen LogP contribution < -0.4 is 11.5 Å². The fraction of sp³-hybridized carbons (Fsp3) is 0. The van der Waals surface area contributed by atoms with Gasteiger partial charge in [-0.1, -0.05) is 54.6 Å². The van der Waals surface area contributed by atoms with Gasteiger partial charge in [-0.15, -0.1) is 0 Å². The molecule has 0 fully saturated rings. The third-order valence-corrected chi connectivity index (χ3v) is 4.07. The van der Waals surface area contributed by atoms with Crippen molar-refractivity contribution in [3.8, 4) is 34.2 Å². The number of benzene rings is 3. The summed E-state index contributed by atoms with van der Waals surface area (Å²) < 4.78 is 0. The van der Waals surface area contributed by atoms with Crippen LogP contribution in [0.15, 0.2) is 78.9 Å². The lowest BCUT2D eigenvalue weighted by atomic mass is 10.1. The van der Waals surface area contributed by atoms with Crippen molar-refractivity contribution in [1.82, 2.24) is 15.0 Å². The summed E-state index contributed by atoms with van der Waals surface area (Å²) in [6, 6.07) is 24.8. The molecule has 4 rings (SSSR count). The van der Waals surface area contributed by atoms with Crippen LogP contribution in [0, 0.1) is 0 Å². The predicted octanol–water partition coefficient (Wildman–Crippen LogP) is 4.04. The lowest BCUT2D eigenvalue weighted by Gasteiger charge is -2.10. The van der Waals surface area contributed by atoms with Gasteiger partial charge in [0, 0.05) is 28.1 Å². The molecule has 0 unspecified atom stereocenters. The zero-order valence-electron chi connectivity index (χ0n) is 14.0. The number of nitrogens with two attached hydrogens (primary N) is 2. The van der Waals surface area contributed by atoms with Crippen LogP contribution in [-0.4, -0.2) is 15.0 Å². The van der Waals surface area contributed by atoms with Crippen LogP contribution in [0.4, 0.5) is 11.4 Å². The van der Waals surface area contributed by atoms with Gasteiger partial charge >= 0.3 is 0 Å². The molecule has 0 saturated heterocycles. The van der Waals surface area contributed by atoms with Gasteiger partial charge in [-0.3, -0.25) is 0 Å². The molecule has 126 valence electrons. The average Bonchev–Trinajstić information content (AvgIpc) is 2.69. The van der Waals surface area contributed by atoms with E-state index in [1.807, 2.05) is 78.9 Å². The maximum absolute atomic E-state index is 6.13. The highest BCUT2D eigenvalue weighted by atomic mass is 15.0. The molecular weight excluding hydrogens is 322 g/mol. The molecule has 0 atom stereocenters. The molecule has 1 aromatic heterocycles. The van der Waals surface area contributed by atoms with E-state index < -0.39 is 0 Å². The number of hydrogen-bond acceptors (Lipinski definition) is 5. The highest BCUT2D eigenvalue weighted by Gasteiger charge is 2.14. The first-order valence-corrected chi connectivity index (χ1v) is 8.23. The van der Waals surface area contributed by atoms with Crippen LogP contribution in [0.3, 0.4) is 0 Å². The Labute approximate surface area is 151 Å². The van der Waals surface area contributed by atoms with Crippen molar-refractivity contribution in [3.05, 3.63) is 78.9 Å². The number of hydrogen-bond donors (Lipinski definition) is 2. The first kappa shape index (κ1) is 15.8. The second-order valence-electron chi connectivity index (χ2n) is 5.85. The molecule has 4 aromatic rings. The zero-order chi connectivity index (χ0) is 17.9. The summed E-state index contributed by atoms with van der Waals surface area (Å²) in [5.41, 5.74) is 15.9. The standard InChI is InChI=1S/C21H17N5/c22-17-12-6-4-10-15(17)20-24-19(14-8-2-1-3-9-14)25-21(26-20)16-11-5-7-13-18(16)23/h1-13H,22-23H2. The largest absolute Gasteiger partial charge is 0.398 e. The molecule has 3 aromatic carbocycles. The van der Waals surface area contributed by atoms with Crippen molar-refractivity contribution in [3.63, 3.8) is 0 Å². The lowest BCUT2D eigenvalue weighted by molar-refractivity contribution is 1.08. The smallest absolute Gasteiger partial charge is 0.166 e. The summed E-state index contributed by atoms with van der Waals surface area (Å²) in [7, 11) is 0. The Kier molecular flexibility index (Phi) is 4.03. The van der Waals surface area contributed by atoms with Gasteiger partial charge in [0.1, 0.15) is 0 Å². The fourth-order valence-corrected chi connectivity index (χ4v) is 2.73. The second kappa shape index (κ2) is 6.64. The van der Waals surface area contributed by atoms with Gasteiger partial charge in [0.25, 0.3) is 0 Å². The zero-order valence-corrected chi connectivity index (χ0v) is 14.0. The molecule has 5 nitrogen and oxygen atoms in total. The van der Waals surface area contributed by atoms with Crippen molar-refractivity contribution < 1.29 is 0 Å². The molecule has 0 saturated carbocycles. The van der Waals surface area contributed by atoms with E-state index >= 15 is 0 Å². The molecule has 0 bridgehead atoms. The molecule has 26 heavy (non-hydrogen) atoms. The van der Waals surface area contributed by atoms with Crippen molar-refractivity contribution >= 4 is 11.4 Å². The van der Waals surface area contributed by atoms with Gasteiger partial charge in [0.05, 0.1) is 0 Å². The highest BCUT2D eigenvalue weighted by molar-refractivity contribution is 5.77. The maximum atomic E-state index is 6.13. The van der Waals surface area contributed by atoms with E-state index in [0.717, 1.165) is 16.7 Å². The number of aromatic nitrogens is 3. The van der Waals surface area contributed by atoms with Crippen LogP contribution in [0.5, 0.6) is 0 Å². The summed E-state index contributed by atoms with van der Waals surface area (Å²) in [4.78, 5) is 13.9. The van der Waals surface area contributed by atoms with Crippen molar-refractivity contribution in [2.45, 2.75) is 0 Å². The van der Waals surface area contributed by atoms with Crippen molar-refractivity contribution in [1.29, 1.82) is 0 Å². The molecule has 4 N–H and O–H groups in total.